The molecular weight excluding hydrogens is 362 g/mol. The van der Waals surface area contributed by atoms with E-state index >= 15 is 0 Å². The second kappa shape index (κ2) is 8.32. The van der Waals surface area contributed by atoms with Crippen LogP contribution in [0.4, 0.5) is 5.82 Å². The lowest BCUT2D eigenvalue weighted by Crippen LogP contribution is -2.13. The molecule has 0 saturated carbocycles. The van der Waals surface area contributed by atoms with Gasteiger partial charge in [-0.2, -0.15) is 4.98 Å². The number of imidazole rings is 1. The van der Waals surface area contributed by atoms with E-state index in [9.17, 15) is 4.79 Å². The van der Waals surface area contributed by atoms with Crippen LogP contribution >= 0.6 is 0 Å². The SMILES string of the molecule is CC(C)(C)c1noc(CCCC(=O)OCCCn2cnc3c(N)ncnc32)n1. The zero-order valence-corrected chi connectivity index (χ0v) is 16.4. The van der Waals surface area contributed by atoms with E-state index in [1.165, 1.54) is 6.33 Å². The first-order valence-electron chi connectivity index (χ1n) is 9.24. The van der Waals surface area contributed by atoms with Gasteiger partial charge >= 0.3 is 5.97 Å². The van der Waals surface area contributed by atoms with E-state index in [4.69, 9.17) is 15.0 Å². The van der Waals surface area contributed by atoms with Crippen molar-refractivity contribution in [1.82, 2.24) is 29.7 Å². The van der Waals surface area contributed by atoms with Gasteiger partial charge in [-0.15, -0.1) is 0 Å². The normalized spacial score (nSPS) is 11.8. The Kier molecular flexibility index (Phi) is 5.86. The second-order valence-electron chi connectivity index (χ2n) is 7.56. The maximum atomic E-state index is 11.9. The monoisotopic (exact) mass is 387 g/mol. The van der Waals surface area contributed by atoms with Gasteiger partial charge in [0.1, 0.15) is 11.8 Å². The van der Waals surface area contributed by atoms with Crippen molar-refractivity contribution >= 4 is 23.0 Å². The van der Waals surface area contributed by atoms with Gasteiger partial charge in [0.15, 0.2) is 17.3 Å². The summed E-state index contributed by atoms with van der Waals surface area (Å²) in [7, 11) is 0. The molecule has 3 aromatic rings. The standard InChI is InChI=1S/C18H25N7O3/c1-18(2,3)17-23-12(28-24-17)6-4-7-13(26)27-9-5-8-25-11-22-14-15(19)20-10-21-16(14)25/h10-11H,4-9H2,1-3H3,(H2,19,20,21). The lowest BCUT2D eigenvalue weighted by atomic mass is 9.96. The number of nitrogens with two attached hydrogens (primary N) is 1. The number of fused-ring (bicyclic) bond motifs is 1. The summed E-state index contributed by atoms with van der Waals surface area (Å²) in [6.07, 6.45) is 5.19. The number of aryl methyl sites for hydroxylation is 2. The number of aromatic nitrogens is 6. The smallest absolute Gasteiger partial charge is 0.305 e. The second-order valence-corrected chi connectivity index (χ2v) is 7.56. The van der Waals surface area contributed by atoms with Crippen molar-refractivity contribution in [1.29, 1.82) is 0 Å². The molecular formula is C18H25N7O3. The zero-order valence-electron chi connectivity index (χ0n) is 16.4. The molecule has 0 atom stereocenters. The summed E-state index contributed by atoms with van der Waals surface area (Å²) < 4.78 is 12.4. The Morgan fingerprint density at radius 2 is 2.07 bits per heavy atom. The summed E-state index contributed by atoms with van der Waals surface area (Å²) in [5.74, 6) is 1.33. The van der Waals surface area contributed by atoms with Crippen LogP contribution in [0.1, 0.15) is 51.7 Å². The molecule has 28 heavy (non-hydrogen) atoms. The van der Waals surface area contributed by atoms with Crippen molar-refractivity contribution < 1.29 is 14.1 Å². The Bertz CT molecular complexity index is 942. The Hall–Kier alpha value is -3.04. The maximum absolute atomic E-state index is 11.9. The quantitative estimate of drug-likeness (QED) is 0.455. The molecule has 3 rings (SSSR count). The molecule has 0 spiro atoms. The molecule has 3 heterocycles. The van der Waals surface area contributed by atoms with Crippen molar-refractivity contribution in [2.45, 2.75) is 58.4 Å². The number of esters is 1. The number of nitrogen functional groups attached to an aromatic ring is 1. The fourth-order valence-corrected chi connectivity index (χ4v) is 2.60. The molecule has 0 bridgehead atoms. The minimum absolute atomic E-state index is 0.154. The molecule has 0 aliphatic heterocycles. The number of hydrogen-bond acceptors (Lipinski definition) is 9. The zero-order chi connectivity index (χ0) is 20.1. The lowest BCUT2D eigenvalue weighted by molar-refractivity contribution is -0.143. The molecule has 2 N–H and O–H groups in total. The first-order valence-corrected chi connectivity index (χ1v) is 9.24. The van der Waals surface area contributed by atoms with Gasteiger partial charge < -0.3 is 19.6 Å². The molecule has 0 aliphatic rings. The van der Waals surface area contributed by atoms with Crippen molar-refractivity contribution in [2.75, 3.05) is 12.3 Å². The van der Waals surface area contributed by atoms with Crippen LogP contribution in [-0.2, 0) is 27.9 Å². The van der Waals surface area contributed by atoms with Gasteiger partial charge in [-0.3, -0.25) is 4.79 Å². The number of carbonyl (C=O) groups excluding carboxylic acids is 1. The van der Waals surface area contributed by atoms with Crippen LogP contribution in [0, 0.1) is 0 Å². The van der Waals surface area contributed by atoms with Crippen LogP contribution in [0.3, 0.4) is 0 Å². The molecule has 150 valence electrons. The van der Waals surface area contributed by atoms with E-state index in [1.807, 2.05) is 25.3 Å². The predicted octanol–water partition coefficient (Wildman–Crippen LogP) is 2.05. The molecule has 3 aromatic heterocycles. The summed E-state index contributed by atoms with van der Waals surface area (Å²) in [5.41, 5.74) is 6.86. The third-order valence-corrected chi connectivity index (χ3v) is 4.15. The van der Waals surface area contributed by atoms with E-state index in [2.05, 4.69) is 25.1 Å². The van der Waals surface area contributed by atoms with Gasteiger partial charge in [0.25, 0.3) is 0 Å². The van der Waals surface area contributed by atoms with Crippen LogP contribution < -0.4 is 5.73 Å². The molecule has 0 unspecified atom stereocenters. The summed E-state index contributed by atoms with van der Waals surface area (Å²) in [6, 6.07) is 0. The van der Waals surface area contributed by atoms with Crippen LogP contribution in [-0.4, -0.2) is 42.2 Å². The minimum atomic E-state index is -0.238. The fourth-order valence-electron chi connectivity index (χ4n) is 2.60. The first-order chi connectivity index (χ1) is 13.3. The highest BCUT2D eigenvalue weighted by Gasteiger charge is 2.20. The Balaban J connectivity index is 1.35. The summed E-state index contributed by atoms with van der Waals surface area (Å²) >= 11 is 0. The third-order valence-electron chi connectivity index (χ3n) is 4.15. The van der Waals surface area contributed by atoms with Gasteiger partial charge in [-0.05, 0) is 12.8 Å². The van der Waals surface area contributed by atoms with E-state index in [0.29, 0.717) is 67.5 Å². The van der Waals surface area contributed by atoms with E-state index in [0.717, 1.165) is 0 Å². The number of carbonyl (C=O) groups is 1. The minimum Gasteiger partial charge on any atom is -0.466 e. The van der Waals surface area contributed by atoms with Crippen LogP contribution in [0.5, 0.6) is 0 Å². The van der Waals surface area contributed by atoms with E-state index in [1.54, 1.807) is 6.33 Å². The predicted molar refractivity (Wildman–Crippen MR) is 101 cm³/mol. The highest BCUT2D eigenvalue weighted by molar-refractivity contribution is 5.81. The average Bonchev–Trinajstić information content (AvgIpc) is 3.27. The number of hydrogen-bond donors (Lipinski definition) is 1. The summed E-state index contributed by atoms with van der Waals surface area (Å²) in [4.78, 5) is 28.5. The molecule has 0 radical (unpaired) electrons. The Labute approximate surface area is 162 Å². The van der Waals surface area contributed by atoms with E-state index < -0.39 is 0 Å². The largest absolute Gasteiger partial charge is 0.466 e. The highest BCUT2D eigenvalue weighted by Crippen LogP contribution is 2.19. The number of anilines is 1. The topological polar surface area (TPSA) is 135 Å². The molecule has 0 aromatic carbocycles. The third kappa shape index (κ3) is 4.81. The number of nitrogens with zero attached hydrogens (tertiary/aromatic N) is 6. The fraction of sp³-hybridized carbons (Fsp3) is 0.556. The van der Waals surface area contributed by atoms with Crippen LogP contribution in [0.15, 0.2) is 17.2 Å². The van der Waals surface area contributed by atoms with Gasteiger partial charge in [0.05, 0.1) is 12.9 Å². The van der Waals surface area contributed by atoms with Crippen LogP contribution in [0.2, 0.25) is 0 Å². The van der Waals surface area contributed by atoms with Crippen molar-refractivity contribution in [3.63, 3.8) is 0 Å². The maximum Gasteiger partial charge on any atom is 0.305 e. The van der Waals surface area contributed by atoms with E-state index in [-0.39, 0.29) is 11.4 Å². The van der Waals surface area contributed by atoms with Gasteiger partial charge in [-0.25, -0.2) is 15.0 Å². The molecule has 0 fully saturated rings. The molecule has 10 heteroatoms. The van der Waals surface area contributed by atoms with Gasteiger partial charge in [-0.1, -0.05) is 25.9 Å². The number of ether oxygens (including phenoxy) is 1. The molecule has 0 aliphatic carbocycles. The molecule has 0 saturated heterocycles. The Morgan fingerprint density at radius 1 is 1.25 bits per heavy atom. The summed E-state index contributed by atoms with van der Waals surface area (Å²) in [6.45, 7) is 7.01. The van der Waals surface area contributed by atoms with Gasteiger partial charge in [0.2, 0.25) is 5.89 Å². The highest BCUT2D eigenvalue weighted by atomic mass is 16.5. The Morgan fingerprint density at radius 3 is 2.82 bits per heavy atom. The van der Waals surface area contributed by atoms with Crippen molar-refractivity contribution in [3.05, 3.63) is 24.4 Å². The van der Waals surface area contributed by atoms with Crippen molar-refractivity contribution in [3.8, 4) is 0 Å². The average molecular weight is 387 g/mol. The lowest BCUT2D eigenvalue weighted by Gasteiger charge is -2.10. The summed E-state index contributed by atoms with van der Waals surface area (Å²) in [5, 5.41) is 3.97. The number of rotatable bonds is 8. The van der Waals surface area contributed by atoms with Crippen molar-refractivity contribution in [2.24, 2.45) is 0 Å². The van der Waals surface area contributed by atoms with Gasteiger partial charge in [0, 0.05) is 24.8 Å². The molecule has 10 nitrogen and oxygen atoms in total. The molecule has 0 amide bonds. The first kappa shape index (κ1) is 19.7. The van der Waals surface area contributed by atoms with Crippen LogP contribution in [0.25, 0.3) is 11.2 Å².